The van der Waals surface area contributed by atoms with Gasteiger partial charge in [-0.1, -0.05) is 49.0 Å². The van der Waals surface area contributed by atoms with Crippen molar-refractivity contribution in [2.45, 2.75) is 147 Å². The van der Waals surface area contributed by atoms with Crippen LogP contribution in [0.2, 0.25) is 0 Å². The average Bonchev–Trinajstić information content (AvgIpc) is 0.889. The third-order valence-electron chi connectivity index (χ3n) is 14.6. The molecule has 5 aromatic heterocycles. The van der Waals surface area contributed by atoms with Crippen LogP contribution in [0.4, 0.5) is 5.95 Å². The molecule has 548 valence electrons. The molecule has 0 spiro atoms. The molecular weight excluding hydrogens is 1510 g/mol. The fourth-order valence-electron chi connectivity index (χ4n) is 9.88. The van der Waals surface area contributed by atoms with Gasteiger partial charge in [-0.3, -0.25) is 89.0 Å². The smallest absolute Gasteiger partial charge is 0.392 e. The second-order valence-corrected chi connectivity index (χ2v) is 37.6. The Morgan fingerprint density at radius 1 is 0.653 bits per heavy atom. The van der Waals surface area contributed by atoms with Gasteiger partial charge >= 0.3 is 51.1 Å². The van der Waals surface area contributed by atoms with Gasteiger partial charge in [0.05, 0.1) is 45.0 Å². The summed E-state index contributed by atoms with van der Waals surface area (Å²) in [6, 6.07) is 0. The van der Waals surface area contributed by atoms with E-state index in [1.807, 2.05) is 0 Å². The number of hydrogen-bond donors (Lipinski definition) is 10. The largest absolute Gasteiger partial charge is 0.396 e. The molecule has 5 aromatic rings. The van der Waals surface area contributed by atoms with Crippen LogP contribution < -0.4 is 45.0 Å². The monoisotopic (exact) mass is 1580 g/mol. The van der Waals surface area contributed by atoms with Crippen molar-refractivity contribution in [2.24, 2.45) is 0 Å². The lowest BCUT2D eigenvalue weighted by Crippen LogP contribution is -2.41. The van der Waals surface area contributed by atoms with E-state index in [0.29, 0.717) is 11.4 Å². The zero-order chi connectivity index (χ0) is 72.1. The normalized spacial score (nSPS) is 26.2. The molecule has 3 aliphatic heterocycles. The van der Waals surface area contributed by atoms with Gasteiger partial charge in [-0.15, -0.1) is 0 Å². The van der Waals surface area contributed by atoms with E-state index < -0.39 is 192 Å². The number of thiol groups is 4. The molecule has 18 atom stereocenters. The van der Waals surface area contributed by atoms with Crippen molar-refractivity contribution >= 4 is 111 Å². The molecule has 50 heteroatoms. The summed E-state index contributed by atoms with van der Waals surface area (Å²) in [6.45, 7) is -20.3. The van der Waals surface area contributed by atoms with Gasteiger partial charge in [0.25, 0.3) is 28.7 Å². The fourth-order valence-corrected chi connectivity index (χ4v) is 18.1. The van der Waals surface area contributed by atoms with Gasteiger partial charge in [0.1, 0.15) is 55.2 Å². The lowest BCUT2D eigenvalue weighted by atomic mass is 10.1. The van der Waals surface area contributed by atoms with Crippen LogP contribution in [0.5, 0.6) is 0 Å². The number of aromatic nitrogens is 10. The number of ether oxygens (including phenoxy) is 6. The number of aryl methyl sites for hydroxylation is 3. The number of nitrogens with zero attached hydrogens (tertiary/aromatic N) is 6. The summed E-state index contributed by atoms with van der Waals surface area (Å²) in [5.74, 6) is -0.257. The van der Waals surface area contributed by atoms with Gasteiger partial charge in [-0.2, -0.15) is 4.98 Å². The molecule has 0 amide bonds. The number of H-pyrrole nitrogens is 4. The van der Waals surface area contributed by atoms with Crippen molar-refractivity contribution in [1.82, 2.24) is 48.2 Å². The number of aliphatic hydroxyl groups is 1. The molecule has 8 heterocycles. The predicted octanol–water partition coefficient (Wildman–Crippen LogP) is 4.28. The number of methoxy groups -OCH3 is 2. The van der Waals surface area contributed by atoms with E-state index in [4.69, 9.17) is 79.4 Å². The fraction of sp³-hybridized carbons (Fsp3) is 0.646. The van der Waals surface area contributed by atoms with E-state index in [1.54, 1.807) is 13.8 Å². The van der Waals surface area contributed by atoms with Crippen molar-refractivity contribution in [3.8, 4) is 0 Å². The number of hydrogen-bond acceptors (Lipinski definition) is 33. The van der Waals surface area contributed by atoms with Gasteiger partial charge in [0.15, 0.2) is 23.6 Å². The highest BCUT2D eigenvalue weighted by molar-refractivity contribution is 8.54. The molecule has 0 bridgehead atoms. The topological polar surface area (TPSA) is 507 Å². The van der Waals surface area contributed by atoms with Gasteiger partial charge in [-0.05, 0) is 65.6 Å². The minimum absolute atomic E-state index is 0.00570. The molecule has 3 saturated heterocycles. The number of nitrogens with two attached hydrogens (primary N) is 1. The molecule has 3 fully saturated rings. The Hall–Kier alpha value is -3.59. The van der Waals surface area contributed by atoms with Crippen molar-refractivity contribution in [3.05, 3.63) is 114 Å². The molecular formula is C48H72N11O29P5S5. The molecule has 11 unspecified atom stereocenters. The summed E-state index contributed by atoms with van der Waals surface area (Å²) in [6.07, 6.45) is -13.2. The Morgan fingerprint density at radius 3 is 1.73 bits per heavy atom. The second kappa shape index (κ2) is 33.5. The van der Waals surface area contributed by atoms with Crippen LogP contribution in [-0.2, 0) is 96.5 Å². The summed E-state index contributed by atoms with van der Waals surface area (Å²) in [4.78, 5) is 107. The van der Waals surface area contributed by atoms with Crippen LogP contribution in [0.1, 0.15) is 81.6 Å². The van der Waals surface area contributed by atoms with Gasteiger partial charge in [-0.25, -0.2) is 51.2 Å². The maximum absolute atomic E-state index is 14.9. The second-order valence-electron chi connectivity index (χ2n) is 22.0. The van der Waals surface area contributed by atoms with Crippen LogP contribution in [0.25, 0.3) is 11.2 Å². The molecule has 8 rings (SSSR count). The maximum atomic E-state index is 14.9. The van der Waals surface area contributed by atoms with Crippen LogP contribution in [0.3, 0.4) is 0 Å². The van der Waals surface area contributed by atoms with Crippen molar-refractivity contribution in [1.29, 1.82) is 0 Å². The van der Waals surface area contributed by atoms with E-state index in [2.05, 4.69) is 78.9 Å². The molecule has 0 aromatic carbocycles. The molecule has 7 N–H and O–H groups in total. The Kier molecular flexibility index (Phi) is 27.3. The van der Waals surface area contributed by atoms with E-state index in [-0.39, 0.29) is 53.3 Å². The first-order valence-corrected chi connectivity index (χ1v) is 43.2. The molecule has 0 radical (unpaired) electrons. The van der Waals surface area contributed by atoms with E-state index in [0.717, 1.165) is 39.4 Å². The summed E-state index contributed by atoms with van der Waals surface area (Å²) in [5.41, 5.74) is -0.279. The molecule has 3 aliphatic rings. The number of imidazole rings is 1. The van der Waals surface area contributed by atoms with Crippen molar-refractivity contribution < 1.29 is 102 Å². The zero-order valence-corrected chi connectivity index (χ0v) is 62.0. The van der Waals surface area contributed by atoms with Crippen LogP contribution in [0.15, 0.2) is 58.5 Å². The molecule has 40 nitrogen and oxygen atoms in total. The third-order valence-corrected chi connectivity index (χ3v) is 24.4. The lowest BCUT2D eigenvalue weighted by molar-refractivity contribution is -0.264. The standard InChI is InChI=1S/C48H72N11O29P5S5/c1-22(2)83-89(68,94)76-18-30-28(14-33(80-30)59-21-50-34-37(59)51-44(49)52-41(34)64)85-90(69,95)77-19-29-27(13-32(79-29)56-15-23(3)38(61)53-45(56)65)84-91(70,96)78-20-31-35(36(74-8)43(81-31)58-17-25(5)40(63)55-47(58)67)86-92(71,97)87-48(88-93(72,98-9)75-12-10-11-60)82-42(26(6)73-7)57-16-24(4)39(62)54-46(57)66/h15-17,21-22,26-33,35-36,42-43,48,60H,10-14,18-20H2,1-9H3,(H,68,94)(H,69,95)(H,70,96)(H,71,97)(H,53,61,65)(H,54,62,66)(H,55,63,67)(H3,49,51,52,64)/t26?,27?,28?,29-,30-,31-,32-,33-,35?,36?,42-,43-,48?,89?,90?,91?,92?,93?/m1/s1. The summed E-state index contributed by atoms with van der Waals surface area (Å²) in [5, 5.41) is 9.45. The SMILES string of the molecule is COC(C)[C@@H](OC(OP(=O)(S)OC1C(OC)[C@H](n2cc(C)c(=O)[nH]c2=O)O[C@@H]1COP(=O)(S)OC1C[C@H](n2cc(C)c(=O)[nH]c2=O)O[C@@H]1COP(=O)(S)OC1C[C@H](n2cnc3c(=O)[nH]c(N)nc32)O[C@@H]1COP(=O)(S)OC(C)C)OP(=O)(OCCCO)SC)n1cc(C)c(=O)[nH]c1=O. The number of nitrogens with one attached hydrogen (secondary N) is 4. The molecule has 98 heavy (non-hydrogen) atoms. The van der Waals surface area contributed by atoms with Crippen LogP contribution in [0, 0.1) is 20.8 Å². The first kappa shape index (κ1) is 80.1. The van der Waals surface area contributed by atoms with Crippen LogP contribution >= 0.6 is 94.4 Å². The predicted molar refractivity (Wildman–Crippen MR) is 359 cm³/mol. The first-order valence-electron chi connectivity index (χ1n) is 29.0. The molecule has 0 aliphatic carbocycles. The summed E-state index contributed by atoms with van der Waals surface area (Å²) in [7, 11) is 2.33. The van der Waals surface area contributed by atoms with E-state index >= 15 is 0 Å². The summed E-state index contributed by atoms with van der Waals surface area (Å²) < 4.78 is 169. The minimum Gasteiger partial charge on any atom is -0.396 e. The highest BCUT2D eigenvalue weighted by Gasteiger charge is 2.53. The first-order chi connectivity index (χ1) is 45.9. The Morgan fingerprint density at radius 2 is 1.18 bits per heavy atom. The molecule has 0 saturated carbocycles. The zero-order valence-electron chi connectivity index (χ0n) is 53.1. The van der Waals surface area contributed by atoms with Gasteiger partial charge in [0, 0.05) is 68.9 Å². The average molecular weight is 1580 g/mol. The number of nitrogen functional groups attached to an aromatic ring is 1. The van der Waals surface area contributed by atoms with Gasteiger partial charge < -0.3 is 43.8 Å². The Bertz CT molecular complexity index is 4360. The highest BCUT2D eigenvalue weighted by Crippen LogP contribution is 2.65. The highest BCUT2D eigenvalue weighted by atomic mass is 32.7. The maximum Gasteiger partial charge on any atom is 0.392 e. The number of aromatic amines is 4. The third kappa shape index (κ3) is 20.4. The number of fused-ring (bicyclic) bond motifs is 1. The van der Waals surface area contributed by atoms with Crippen LogP contribution in [-0.4, -0.2) is 168 Å². The Labute approximate surface area is 578 Å². The lowest BCUT2D eigenvalue weighted by Gasteiger charge is -2.32. The minimum atomic E-state index is -5.22. The van der Waals surface area contributed by atoms with Gasteiger partial charge in [0.2, 0.25) is 5.95 Å². The number of aliphatic hydroxyl groups excluding tert-OH is 1. The quantitative estimate of drug-likeness (QED) is 0.0117. The Balaban J connectivity index is 1.07. The number of anilines is 1. The number of rotatable bonds is 35. The van der Waals surface area contributed by atoms with Crippen molar-refractivity contribution in [2.75, 3.05) is 59.2 Å². The van der Waals surface area contributed by atoms with Crippen molar-refractivity contribution in [3.63, 3.8) is 0 Å². The summed E-state index contributed by atoms with van der Waals surface area (Å²) >= 11 is 17.3. The van der Waals surface area contributed by atoms with E-state index in [1.165, 1.54) is 52.0 Å². The van der Waals surface area contributed by atoms with E-state index in [9.17, 15) is 61.5 Å².